The fourth-order valence-corrected chi connectivity index (χ4v) is 2.55. The summed E-state index contributed by atoms with van der Waals surface area (Å²) in [5, 5.41) is 0.675. The summed E-state index contributed by atoms with van der Waals surface area (Å²) in [6.07, 6.45) is 0.936. The van der Waals surface area contributed by atoms with Crippen LogP contribution < -0.4 is 4.74 Å². The molecular formula is C17H18Cl2O. The van der Waals surface area contributed by atoms with Crippen LogP contribution >= 0.6 is 23.2 Å². The van der Waals surface area contributed by atoms with Crippen molar-refractivity contribution >= 4 is 23.2 Å². The van der Waals surface area contributed by atoms with Gasteiger partial charge in [-0.3, -0.25) is 0 Å². The number of rotatable bonds is 5. The molecule has 106 valence electrons. The van der Waals surface area contributed by atoms with Crippen molar-refractivity contribution in [2.75, 3.05) is 0 Å². The van der Waals surface area contributed by atoms with Gasteiger partial charge in [0.1, 0.15) is 5.75 Å². The van der Waals surface area contributed by atoms with E-state index in [1.54, 1.807) is 0 Å². The maximum atomic E-state index is 6.47. The molecule has 1 nitrogen and oxygen atoms in total. The highest BCUT2D eigenvalue weighted by atomic mass is 35.5. The van der Waals surface area contributed by atoms with Gasteiger partial charge in [-0.25, -0.2) is 0 Å². The molecular weight excluding hydrogens is 291 g/mol. The second kappa shape index (κ2) is 7.01. The average Bonchev–Trinajstić information content (AvgIpc) is 2.38. The molecule has 1 atom stereocenters. The molecule has 0 aliphatic rings. The topological polar surface area (TPSA) is 9.23 Å². The first kappa shape index (κ1) is 15.2. The van der Waals surface area contributed by atoms with E-state index in [1.807, 2.05) is 62.4 Å². The van der Waals surface area contributed by atoms with E-state index in [1.165, 1.54) is 0 Å². The van der Waals surface area contributed by atoms with Gasteiger partial charge in [0.2, 0.25) is 0 Å². The predicted octanol–water partition coefficient (Wildman–Crippen LogP) is 5.65. The van der Waals surface area contributed by atoms with Gasteiger partial charge in [-0.15, -0.1) is 11.6 Å². The Morgan fingerprint density at radius 3 is 2.35 bits per heavy atom. The Morgan fingerprint density at radius 1 is 1.05 bits per heavy atom. The van der Waals surface area contributed by atoms with Crippen LogP contribution in [0.15, 0.2) is 48.5 Å². The van der Waals surface area contributed by atoms with E-state index in [0.29, 0.717) is 0 Å². The van der Waals surface area contributed by atoms with Crippen molar-refractivity contribution in [3.05, 3.63) is 64.7 Å². The number of hydrogen-bond acceptors (Lipinski definition) is 1. The van der Waals surface area contributed by atoms with E-state index >= 15 is 0 Å². The lowest BCUT2D eigenvalue weighted by Gasteiger charge is -2.13. The fraction of sp³-hybridized carbons (Fsp3) is 0.294. The van der Waals surface area contributed by atoms with Crippen molar-refractivity contribution in [1.29, 1.82) is 0 Å². The minimum Gasteiger partial charge on any atom is -0.491 e. The fourth-order valence-electron chi connectivity index (χ4n) is 2.02. The number of hydrogen-bond donors (Lipinski definition) is 0. The lowest BCUT2D eigenvalue weighted by molar-refractivity contribution is 0.242. The molecule has 0 bridgehead atoms. The molecule has 0 N–H and O–H groups in total. The van der Waals surface area contributed by atoms with E-state index in [0.717, 1.165) is 28.3 Å². The van der Waals surface area contributed by atoms with Crippen molar-refractivity contribution in [1.82, 2.24) is 0 Å². The monoisotopic (exact) mass is 308 g/mol. The van der Waals surface area contributed by atoms with Crippen LogP contribution in [0.2, 0.25) is 5.02 Å². The Bertz CT molecular complexity index is 549. The number of halogens is 2. The third-order valence-electron chi connectivity index (χ3n) is 2.92. The Morgan fingerprint density at radius 2 is 1.75 bits per heavy atom. The van der Waals surface area contributed by atoms with Crippen LogP contribution in [0.4, 0.5) is 0 Å². The number of alkyl halides is 1. The summed E-state index contributed by atoms with van der Waals surface area (Å²) in [7, 11) is 0. The van der Waals surface area contributed by atoms with Crippen LogP contribution in [0.1, 0.15) is 30.4 Å². The maximum Gasteiger partial charge on any atom is 0.119 e. The van der Waals surface area contributed by atoms with Crippen molar-refractivity contribution in [3.63, 3.8) is 0 Å². The summed E-state index contributed by atoms with van der Waals surface area (Å²) in [5.41, 5.74) is 2.22. The van der Waals surface area contributed by atoms with Crippen LogP contribution in [0.3, 0.4) is 0 Å². The van der Waals surface area contributed by atoms with Crippen molar-refractivity contribution in [2.24, 2.45) is 0 Å². The SMILES string of the molecule is CC(C)Oc1ccc(C(Cl)Cc2cccc(Cl)c2)cc1. The summed E-state index contributed by atoms with van der Waals surface area (Å²) in [5.74, 6) is 0.871. The highest BCUT2D eigenvalue weighted by Crippen LogP contribution is 2.27. The van der Waals surface area contributed by atoms with E-state index in [2.05, 4.69) is 0 Å². The molecule has 1 unspecified atom stereocenters. The van der Waals surface area contributed by atoms with E-state index in [4.69, 9.17) is 27.9 Å². The molecule has 2 rings (SSSR count). The van der Waals surface area contributed by atoms with Gasteiger partial charge in [0.25, 0.3) is 0 Å². The van der Waals surface area contributed by atoms with Crippen molar-refractivity contribution < 1.29 is 4.74 Å². The van der Waals surface area contributed by atoms with Crippen molar-refractivity contribution in [2.45, 2.75) is 31.7 Å². The summed E-state index contributed by atoms with van der Waals surface area (Å²) in [6.45, 7) is 4.02. The first-order chi connectivity index (χ1) is 9.54. The second-order valence-corrected chi connectivity index (χ2v) is 6.00. The highest BCUT2D eigenvalue weighted by molar-refractivity contribution is 6.30. The minimum atomic E-state index is -0.0680. The van der Waals surface area contributed by atoms with Crippen LogP contribution in [0.25, 0.3) is 0 Å². The van der Waals surface area contributed by atoms with Crippen LogP contribution in [-0.2, 0) is 6.42 Å². The van der Waals surface area contributed by atoms with Gasteiger partial charge < -0.3 is 4.74 Å². The maximum absolute atomic E-state index is 6.47. The Kier molecular flexibility index (Phi) is 5.33. The van der Waals surface area contributed by atoms with Crippen LogP contribution in [0.5, 0.6) is 5.75 Å². The minimum absolute atomic E-state index is 0.0680. The Labute approximate surface area is 130 Å². The molecule has 0 saturated heterocycles. The van der Waals surface area contributed by atoms with Crippen LogP contribution in [0, 0.1) is 0 Å². The van der Waals surface area contributed by atoms with Gasteiger partial charge in [0, 0.05) is 5.02 Å². The van der Waals surface area contributed by atoms with Crippen molar-refractivity contribution in [3.8, 4) is 5.75 Å². The quantitative estimate of drug-likeness (QED) is 0.648. The van der Waals surface area contributed by atoms with E-state index < -0.39 is 0 Å². The molecule has 2 aromatic carbocycles. The first-order valence-electron chi connectivity index (χ1n) is 6.69. The first-order valence-corrected chi connectivity index (χ1v) is 7.51. The molecule has 0 aliphatic carbocycles. The van der Waals surface area contributed by atoms with Crippen LogP contribution in [-0.4, -0.2) is 6.10 Å². The van der Waals surface area contributed by atoms with Gasteiger partial charge in [0.15, 0.2) is 0 Å². The number of ether oxygens (including phenoxy) is 1. The number of benzene rings is 2. The zero-order valence-corrected chi connectivity index (χ0v) is 13.2. The molecule has 0 saturated carbocycles. The lowest BCUT2D eigenvalue weighted by Crippen LogP contribution is -2.05. The summed E-state index contributed by atoms with van der Waals surface area (Å²) < 4.78 is 5.62. The predicted molar refractivity (Wildman–Crippen MR) is 86.0 cm³/mol. The third-order valence-corrected chi connectivity index (χ3v) is 3.56. The largest absolute Gasteiger partial charge is 0.491 e. The van der Waals surface area contributed by atoms with Gasteiger partial charge in [-0.05, 0) is 55.7 Å². The molecule has 2 aromatic rings. The highest BCUT2D eigenvalue weighted by Gasteiger charge is 2.09. The molecule has 20 heavy (non-hydrogen) atoms. The zero-order chi connectivity index (χ0) is 14.5. The Balaban J connectivity index is 2.03. The second-order valence-electron chi connectivity index (χ2n) is 5.04. The third kappa shape index (κ3) is 4.43. The normalized spacial score (nSPS) is 12.4. The summed E-state index contributed by atoms with van der Waals surface area (Å²) in [4.78, 5) is 0. The average molecular weight is 309 g/mol. The lowest BCUT2D eigenvalue weighted by atomic mass is 10.0. The molecule has 0 fully saturated rings. The standard InChI is InChI=1S/C17H18Cl2O/c1-12(2)20-16-8-6-14(7-9-16)17(19)11-13-4-3-5-15(18)10-13/h3-10,12,17H,11H2,1-2H3. The molecule has 0 spiro atoms. The summed E-state index contributed by atoms with van der Waals surface area (Å²) in [6, 6.07) is 15.8. The molecule has 0 radical (unpaired) electrons. The van der Waals surface area contributed by atoms with Gasteiger partial charge in [-0.1, -0.05) is 35.9 Å². The Hall–Kier alpha value is -1.18. The molecule has 0 amide bonds. The molecule has 0 aliphatic heterocycles. The molecule has 3 heteroatoms. The summed E-state index contributed by atoms with van der Waals surface area (Å²) >= 11 is 12.5. The van der Waals surface area contributed by atoms with E-state index in [-0.39, 0.29) is 11.5 Å². The van der Waals surface area contributed by atoms with Gasteiger partial charge in [-0.2, -0.15) is 0 Å². The molecule has 0 aromatic heterocycles. The molecule has 0 heterocycles. The van der Waals surface area contributed by atoms with Gasteiger partial charge >= 0.3 is 0 Å². The van der Waals surface area contributed by atoms with E-state index in [9.17, 15) is 0 Å². The zero-order valence-electron chi connectivity index (χ0n) is 11.6. The smallest absolute Gasteiger partial charge is 0.119 e. The van der Waals surface area contributed by atoms with Gasteiger partial charge in [0.05, 0.1) is 11.5 Å².